The first kappa shape index (κ1) is 12.6. The number of piperidine rings is 1. The van der Waals surface area contributed by atoms with Crippen LogP contribution in [0.15, 0.2) is 12.7 Å². The molecular formula is C14H18N6O. The van der Waals surface area contributed by atoms with Gasteiger partial charge in [-0.3, -0.25) is 4.79 Å². The summed E-state index contributed by atoms with van der Waals surface area (Å²) in [6.45, 7) is 4.52. The van der Waals surface area contributed by atoms with Gasteiger partial charge in [0.1, 0.15) is 6.33 Å². The molecule has 0 unspecified atom stereocenters. The van der Waals surface area contributed by atoms with Gasteiger partial charge in [-0.15, -0.1) is 0 Å². The summed E-state index contributed by atoms with van der Waals surface area (Å²) in [5.74, 6) is 1.12. The van der Waals surface area contributed by atoms with Crippen molar-refractivity contribution in [3.05, 3.63) is 12.7 Å². The minimum absolute atomic E-state index is 0.0806. The van der Waals surface area contributed by atoms with Gasteiger partial charge in [-0.05, 0) is 19.8 Å². The van der Waals surface area contributed by atoms with Crippen LogP contribution in [-0.4, -0.2) is 44.6 Å². The van der Waals surface area contributed by atoms with E-state index in [4.69, 9.17) is 0 Å². The third kappa shape index (κ3) is 1.80. The molecule has 2 saturated heterocycles. The average molecular weight is 286 g/mol. The van der Waals surface area contributed by atoms with Gasteiger partial charge in [0.25, 0.3) is 0 Å². The average Bonchev–Trinajstić information content (AvgIpc) is 3.11. The fourth-order valence-corrected chi connectivity index (χ4v) is 3.52. The van der Waals surface area contributed by atoms with Crippen LogP contribution in [0, 0.1) is 5.92 Å². The molecule has 2 atom stereocenters. The van der Waals surface area contributed by atoms with Crippen molar-refractivity contribution in [3.8, 4) is 0 Å². The van der Waals surface area contributed by atoms with E-state index in [0.29, 0.717) is 6.54 Å². The van der Waals surface area contributed by atoms with E-state index in [9.17, 15) is 4.79 Å². The quantitative estimate of drug-likeness (QED) is 0.873. The summed E-state index contributed by atoms with van der Waals surface area (Å²) < 4.78 is 2.01. The summed E-state index contributed by atoms with van der Waals surface area (Å²) >= 11 is 0. The highest BCUT2D eigenvalue weighted by atomic mass is 16.2. The second kappa shape index (κ2) is 4.68. The molecule has 2 aliphatic rings. The van der Waals surface area contributed by atoms with E-state index in [1.54, 1.807) is 6.33 Å². The highest BCUT2D eigenvalue weighted by Crippen LogP contribution is 2.33. The fourth-order valence-electron chi connectivity index (χ4n) is 3.52. The number of amides is 1. The Morgan fingerprint density at radius 3 is 3.14 bits per heavy atom. The molecule has 0 radical (unpaired) electrons. The van der Waals surface area contributed by atoms with Gasteiger partial charge in [0, 0.05) is 19.6 Å². The van der Waals surface area contributed by atoms with Gasteiger partial charge in [-0.25, -0.2) is 15.0 Å². The van der Waals surface area contributed by atoms with Gasteiger partial charge in [0.2, 0.25) is 5.91 Å². The molecule has 2 aromatic rings. The van der Waals surface area contributed by atoms with E-state index in [1.807, 2.05) is 10.9 Å². The topological polar surface area (TPSA) is 75.9 Å². The van der Waals surface area contributed by atoms with Crippen LogP contribution < -0.4 is 10.2 Å². The number of nitrogens with one attached hydrogen (secondary N) is 1. The lowest BCUT2D eigenvalue weighted by atomic mass is 9.91. The first-order chi connectivity index (χ1) is 10.3. The Morgan fingerprint density at radius 2 is 2.29 bits per heavy atom. The lowest BCUT2D eigenvalue weighted by molar-refractivity contribution is -0.122. The van der Waals surface area contributed by atoms with Gasteiger partial charge >= 0.3 is 0 Å². The number of nitrogens with zero attached hydrogens (tertiary/aromatic N) is 5. The van der Waals surface area contributed by atoms with E-state index in [1.165, 1.54) is 0 Å². The van der Waals surface area contributed by atoms with E-state index < -0.39 is 0 Å². The number of hydrogen-bond acceptors (Lipinski definition) is 5. The molecule has 1 N–H and O–H groups in total. The zero-order valence-corrected chi connectivity index (χ0v) is 12.0. The largest absolute Gasteiger partial charge is 0.354 e. The zero-order chi connectivity index (χ0) is 14.4. The van der Waals surface area contributed by atoms with Crippen molar-refractivity contribution in [2.75, 3.05) is 18.0 Å². The summed E-state index contributed by atoms with van der Waals surface area (Å²) in [5, 5.41) is 2.98. The van der Waals surface area contributed by atoms with Crippen molar-refractivity contribution >= 4 is 22.9 Å². The van der Waals surface area contributed by atoms with Crippen molar-refractivity contribution < 1.29 is 4.79 Å². The predicted octanol–water partition coefficient (Wildman–Crippen LogP) is 0.561. The Balaban J connectivity index is 1.79. The molecule has 0 saturated carbocycles. The molecule has 2 aromatic heterocycles. The van der Waals surface area contributed by atoms with Crippen molar-refractivity contribution in [2.24, 2.45) is 5.92 Å². The summed E-state index contributed by atoms with van der Waals surface area (Å²) in [4.78, 5) is 27.4. The van der Waals surface area contributed by atoms with E-state index in [2.05, 4.69) is 32.1 Å². The third-order valence-corrected chi connectivity index (χ3v) is 4.60. The molecule has 0 spiro atoms. The van der Waals surface area contributed by atoms with Gasteiger partial charge in [0.05, 0.1) is 18.3 Å². The second-order valence-corrected chi connectivity index (χ2v) is 5.65. The molecule has 0 aromatic carbocycles. The number of fused-ring (bicyclic) bond motifs is 2. The zero-order valence-electron chi connectivity index (χ0n) is 12.0. The van der Waals surface area contributed by atoms with Crippen LogP contribution in [0.3, 0.4) is 0 Å². The Labute approximate surface area is 122 Å². The molecule has 110 valence electrons. The van der Waals surface area contributed by atoms with Crippen LogP contribution in [0.4, 0.5) is 5.82 Å². The second-order valence-electron chi connectivity index (χ2n) is 5.65. The monoisotopic (exact) mass is 286 g/mol. The smallest absolute Gasteiger partial charge is 0.225 e. The van der Waals surface area contributed by atoms with Crippen molar-refractivity contribution in [2.45, 2.75) is 32.4 Å². The molecule has 7 nitrogen and oxygen atoms in total. The van der Waals surface area contributed by atoms with E-state index >= 15 is 0 Å². The number of anilines is 1. The minimum Gasteiger partial charge on any atom is -0.354 e. The SMILES string of the molecule is CCn1cnc2c(N3CCC[C@H]4C(=O)NC[C@H]43)ncnc21. The van der Waals surface area contributed by atoms with Crippen LogP contribution in [0.25, 0.3) is 11.2 Å². The molecule has 21 heavy (non-hydrogen) atoms. The normalized spacial score (nSPS) is 25.2. The highest BCUT2D eigenvalue weighted by Gasteiger charge is 2.41. The number of aryl methyl sites for hydroxylation is 1. The third-order valence-electron chi connectivity index (χ3n) is 4.60. The Kier molecular flexibility index (Phi) is 2.80. The van der Waals surface area contributed by atoms with Gasteiger partial charge in [-0.2, -0.15) is 0 Å². The van der Waals surface area contributed by atoms with Crippen LogP contribution in [0.5, 0.6) is 0 Å². The Morgan fingerprint density at radius 1 is 1.38 bits per heavy atom. The van der Waals surface area contributed by atoms with Crippen LogP contribution >= 0.6 is 0 Å². The maximum atomic E-state index is 11.9. The fraction of sp³-hybridized carbons (Fsp3) is 0.571. The predicted molar refractivity (Wildman–Crippen MR) is 77.9 cm³/mol. The molecule has 1 amide bonds. The van der Waals surface area contributed by atoms with Crippen molar-refractivity contribution in [3.63, 3.8) is 0 Å². The number of imidazole rings is 1. The van der Waals surface area contributed by atoms with Gasteiger partial charge in [-0.1, -0.05) is 0 Å². The highest BCUT2D eigenvalue weighted by molar-refractivity contribution is 5.86. The number of carbonyl (C=O) groups is 1. The van der Waals surface area contributed by atoms with Crippen LogP contribution in [-0.2, 0) is 11.3 Å². The molecular weight excluding hydrogens is 268 g/mol. The number of hydrogen-bond donors (Lipinski definition) is 1. The Hall–Kier alpha value is -2.18. The molecule has 7 heteroatoms. The summed E-state index contributed by atoms with van der Waals surface area (Å²) in [6, 6.07) is 0.191. The molecule has 4 heterocycles. The van der Waals surface area contributed by atoms with E-state index in [-0.39, 0.29) is 17.9 Å². The van der Waals surface area contributed by atoms with Crippen LogP contribution in [0.1, 0.15) is 19.8 Å². The number of carbonyl (C=O) groups excluding carboxylic acids is 1. The van der Waals surface area contributed by atoms with E-state index in [0.717, 1.165) is 42.9 Å². The lowest BCUT2D eigenvalue weighted by Crippen LogP contribution is -2.46. The molecule has 0 aliphatic carbocycles. The molecule has 2 fully saturated rings. The first-order valence-corrected chi connectivity index (χ1v) is 7.49. The Bertz CT molecular complexity index is 696. The summed E-state index contributed by atoms with van der Waals surface area (Å²) in [6.07, 6.45) is 5.38. The van der Waals surface area contributed by atoms with Crippen LogP contribution in [0.2, 0.25) is 0 Å². The van der Waals surface area contributed by atoms with Gasteiger partial charge < -0.3 is 14.8 Å². The molecule has 2 aliphatic heterocycles. The lowest BCUT2D eigenvalue weighted by Gasteiger charge is -2.36. The standard InChI is InChI=1S/C14H18N6O/c1-2-19-8-18-11-12(19)16-7-17-13(11)20-5-3-4-9-10(20)6-15-14(9)21/h7-10H,2-6H2,1H3,(H,15,21)/t9-,10-/m1/s1. The number of aromatic nitrogens is 4. The van der Waals surface area contributed by atoms with Gasteiger partial charge in [0.15, 0.2) is 17.0 Å². The number of rotatable bonds is 2. The first-order valence-electron chi connectivity index (χ1n) is 7.49. The maximum Gasteiger partial charge on any atom is 0.225 e. The molecule has 0 bridgehead atoms. The maximum absolute atomic E-state index is 11.9. The van der Waals surface area contributed by atoms with Crippen molar-refractivity contribution in [1.29, 1.82) is 0 Å². The summed E-state index contributed by atoms with van der Waals surface area (Å²) in [7, 11) is 0. The molecule has 4 rings (SSSR count). The van der Waals surface area contributed by atoms with Crippen molar-refractivity contribution in [1.82, 2.24) is 24.8 Å². The minimum atomic E-state index is 0.0806. The summed E-state index contributed by atoms with van der Waals surface area (Å²) in [5.41, 5.74) is 1.70.